The van der Waals surface area contributed by atoms with Crippen LogP contribution in [0.1, 0.15) is 6.92 Å². The average molecular weight is 277 g/mol. The van der Waals surface area contributed by atoms with Crippen molar-refractivity contribution in [1.29, 1.82) is 0 Å². The third-order valence-electron chi connectivity index (χ3n) is 1.97. The van der Waals surface area contributed by atoms with E-state index in [0.29, 0.717) is 0 Å². The molecular formula is C10H17BrN2O2. The second-order valence-electron chi connectivity index (χ2n) is 3.08. The maximum absolute atomic E-state index is 4.94. The normalized spacial score (nSPS) is 20.4. The summed E-state index contributed by atoms with van der Waals surface area (Å²) < 4.78 is 10.8. The summed E-state index contributed by atoms with van der Waals surface area (Å²) in [5.74, 6) is 0. The molecule has 0 aromatic carbocycles. The molecule has 0 aromatic rings. The van der Waals surface area contributed by atoms with Gasteiger partial charge in [-0.2, -0.15) is 0 Å². The largest absolute Gasteiger partial charge is 0.377 e. The molecule has 2 heterocycles. The van der Waals surface area contributed by atoms with Crippen LogP contribution < -0.4 is 0 Å². The minimum atomic E-state index is 0.778. The Kier molecular flexibility index (Phi) is 6.63. The van der Waals surface area contributed by atoms with Crippen molar-refractivity contribution in [2.45, 2.75) is 6.92 Å². The Bertz CT molecular complexity index is 216. The molecule has 0 spiro atoms. The van der Waals surface area contributed by atoms with Crippen molar-refractivity contribution in [2.75, 3.05) is 39.5 Å². The number of halogens is 1. The molecule has 4 nitrogen and oxygen atoms in total. The van der Waals surface area contributed by atoms with Gasteiger partial charge in [-0.3, -0.25) is 4.99 Å². The summed E-state index contributed by atoms with van der Waals surface area (Å²) in [4.78, 5) is 6.22. The van der Waals surface area contributed by atoms with Crippen molar-refractivity contribution in [3.63, 3.8) is 0 Å². The van der Waals surface area contributed by atoms with Gasteiger partial charge < -0.3 is 14.4 Å². The van der Waals surface area contributed by atoms with Gasteiger partial charge in [-0.05, 0) is 22.9 Å². The van der Waals surface area contributed by atoms with Crippen LogP contribution in [0, 0.1) is 0 Å². The number of hydrogen-bond acceptors (Lipinski definition) is 4. The van der Waals surface area contributed by atoms with Crippen molar-refractivity contribution in [3.05, 3.63) is 10.8 Å². The van der Waals surface area contributed by atoms with E-state index in [1.807, 2.05) is 12.4 Å². The standard InChI is InChI=1S/C6H9BrN2.C4H8O2/c1-2-9-4-3-8-6(7)5-9;1-2-6-4-3-5-1/h3,5H,2,4H2,1H3;1-4H2. The molecule has 2 rings (SSSR count). The minimum absolute atomic E-state index is 0.778. The first-order valence-electron chi connectivity index (χ1n) is 5.12. The quantitative estimate of drug-likeness (QED) is 0.683. The van der Waals surface area contributed by atoms with Gasteiger partial charge in [0.25, 0.3) is 0 Å². The summed E-state index contributed by atoms with van der Waals surface area (Å²) in [6, 6.07) is 0. The van der Waals surface area contributed by atoms with Gasteiger partial charge in [0.2, 0.25) is 0 Å². The molecule has 1 saturated heterocycles. The predicted molar refractivity (Wildman–Crippen MR) is 64.4 cm³/mol. The third-order valence-corrected chi connectivity index (χ3v) is 2.38. The molecule has 2 aliphatic heterocycles. The summed E-state index contributed by atoms with van der Waals surface area (Å²) in [7, 11) is 0. The molecule has 86 valence electrons. The molecule has 0 amide bonds. The van der Waals surface area contributed by atoms with Gasteiger partial charge in [0.05, 0.1) is 33.0 Å². The van der Waals surface area contributed by atoms with Gasteiger partial charge in [-0.15, -0.1) is 0 Å². The second kappa shape index (κ2) is 7.84. The Morgan fingerprint density at radius 1 is 1.33 bits per heavy atom. The number of aliphatic imine (C=N–C) groups is 1. The first-order chi connectivity index (χ1) is 7.33. The lowest BCUT2D eigenvalue weighted by Crippen LogP contribution is -2.21. The topological polar surface area (TPSA) is 34.1 Å². The van der Waals surface area contributed by atoms with Gasteiger partial charge >= 0.3 is 0 Å². The second-order valence-corrected chi connectivity index (χ2v) is 3.89. The highest BCUT2D eigenvalue weighted by atomic mass is 79.9. The van der Waals surface area contributed by atoms with Crippen LogP contribution in [0.4, 0.5) is 0 Å². The van der Waals surface area contributed by atoms with Crippen LogP contribution in [0.15, 0.2) is 15.8 Å². The van der Waals surface area contributed by atoms with Crippen molar-refractivity contribution >= 4 is 22.1 Å². The van der Waals surface area contributed by atoms with Crippen LogP contribution in [-0.4, -0.2) is 50.6 Å². The van der Waals surface area contributed by atoms with Crippen molar-refractivity contribution in [2.24, 2.45) is 4.99 Å². The van der Waals surface area contributed by atoms with E-state index in [0.717, 1.165) is 44.1 Å². The zero-order chi connectivity index (χ0) is 10.9. The maximum Gasteiger partial charge on any atom is 0.121 e. The fourth-order valence-corrected chi connectivity index (χ4v) is 1.56. The summed E-state index contributed by atoms with van der Waals surface area (Å²) in [5, 5.41) is 0. The molecule has 0 saturated carbocycles. The molecule has 0 unspecified atom stereocenters. The molecule has 1 fully saturated rings. The summed E-state index contributed by atoms with van der Waals surface area (Å²) in [6.45, 7) is 7.21. The Balaban J connectivity index is 0.000000162. The molecule has 0 atom stereocenters. The Morgan fingerprint density at radius 3 is 2.27 bits per heavy atom. The molecular weight excluding hydrogens is 260 g/mol. The summed E-state index contributed by atoms with van der Waals surface area (Å²) >= 11 is 3.29. The molecule has 2 aliphatic rings. The summed E-state index contributed by atoms with van der Waals surface area (Å²) in [5.41, 5.74) is 0. The number of rotatable bonds is 1. The zero-order valence-corrected chi connectivity index (χ0v) is 10.6. The fourth-order valence-electron chi connectivity index (χ4n) is 1.13. The van der Waals surface area contributed by atoms with Crippen LogP contribution in [0.5, 0.6) is 0 Å². The van der Waals surface area contributed by atoms with E-state index in [2.05, 4.69) is 32.7 Å². The average Bonchev–Trinajstić information content (AvgIpc) is 2.32. The predicted octanol–water partition coefficient (Wildman–Crippen LogP) is 1.62. The Labute approximate surface area is 99.1 Å². The fraction of sp³-hybridized carbons (Fsp3) is 0.700. The molecule has 0 bridgehead atoms. The molecule has 15 heavy (non-hydrogen) atoms. The zero-order valence-electron chi connectivity index (χ0n) is 8.99. The van der Waals surface area contributed by atoms with E-state index >= 15 is 0 Å². The number of nitrogens with zero attached hydrogens (tertiary/aromatic N) is 2. The van der Waals surface area contributed by atoms with E-state index < -0.39 is 0 Å². The number of ether oxygens (including phenoxy) is 2. The lowest BCUT2D eigenvalue weighted by molar-refractivity contribution is -0.0334. The van der Waals surface area contributed by atoms with Crippen molar-refractivity contribution in [1.82, 2.24) is 4.90 Å². The van der Waals surface area contributed by atoms with Gasteiger partial charge in [0.15, 0.2) is 0 Å². The maximum atomic E-state index is 4.94. The Hall–Kier alpha value is -0.390. The summed E-state index contributed by atoms with van der Waals surface area (Å²) in [6.07, 6.45) is 3.90. The first-order valence-corrected chi connectivity index (χ1v) is 5.91. The highest BCUT2D eigenvalue weighted by Gasteiger charge is 1.99. The van der Waals surface area contributed by atoms with E-state index in [9.17, 15) is 0 Å². The van der Waals surface area contributed by atoms with E-state index in [1.165, 1.54) is 0 Å². The Morgan fingerprint density at radius 2 is 1.93 bits per heavy atom. The van der Waals surface area contributed by atoms with Crippen LogP contribution in [-0.2, 0) is 9.47 Å². The van der Waals surface area contributed by atoms with Crippen LogP contribution >= 0.6 is 15.9 Å². The monoisotopic (exact) mass is 276 g/mol. The molecule has 0 radical (unpaired) electrons. The molecule has 0 aromatic heterocycles. The molecule has 5 heteroatoms. The highest BCUT2D eigenvalue weighted by Crippen LogP contribution is 2.10. The SMILES string of the molecule is C1COCCO1.CCN1C=C(Br)N=CC1. The van der Waals surface area contributed by atoms with Crippen LogP contribution in [0.25, 0.3) is 0 Å². The van der Waals surface area contributed by atoms with Gasteiger partial charge in [0, 0.05) is 19.0 Å². The van der Waals surface area contributed by atoms with Crippen LogP contribution in [0.3, 0.4) is 0 Å². The lowest BCUT2D eigenvalue weighted by atomic mass is 10.5. The molecule has 0 N–H and O–H groups in total. The van der Waals surface area contributed by atoms with E-state index in [4.69, 9.17) is 9.47 Å². The van der Waals surface area contributed by atoms with Crippen molar-refractivity contribution < 1.29 is 9.47 Å². The van der Waals surface area contributed by atoms with Gasteiger partial charge in [-0.1, -0.05) is 0 Å². The van der Waals surface area contributed by atoms with Gasteiger partial charge in [-0.25, -0.2) is 0 Å². The van der Waals surface area contributed by atoms with E-state index in [1.54, 1.807) is 0 Å². The first kappa shape index (κ1) is 12.7. The molecule has 0 aliphatic carbocycles. The third kappa shape index (κ3) is 5.92. The highest BCUT2D eigenvalue weighted by molar-refractivity contribution is 9.11. The van der Waals surface area contributed by atoms with Gasteiger partial charge in [0.1, 0.15) is 4.61 Å². The number of hydrogen-bond donors (Lipinski definition) is 0. The lowest BCUT2D eigenvalue weighted by Gasteiger charge is -2.17. The smallest absolute Gasteiger partial charge is 0.121 e. The minimum Gasteiger partial charge on any atom is -0.377 e. The van der Waals surface area contributed by atoms with E-state index in [-0.39, 0.29) is 0 Å². The van der Waals surface area contributed by atoms with Crippen LogP contribution in [0.2, 0.25) is 0 Å². The van der Waals surface area contributed by atoms with Crippen molar-refractivity contribution in [3.8, 4) is 0 Å².